The third kappa shape index (κ3) is 4.07. The number of carbonyl (C=O) groups excluding carboxylic acids is 2. The summed E-state index contributed by atoms with van der Waals surface area (Å²) in [4.78, 5) is 28.6. The number of nitrogens with one attached hydrogen (secondary N) is 2. The largest absolute Gasteiger partial charge is 0.369 e. The molecule has 2 heterocycles. The van der Waals surface area contributed by atoms with Crippen LogP contribution >= 0.6 is 11.6 Å². The van der Waals surface area contributed by atoms with E-state index in [1.807, 2.05) is 29.2 Å². The molecule has 1 unspecified atom stereocenters. The molecular weight excluding hydrogens is 328 g/mol. The Hall–Kier alpha value is -2.05. The number of piperidine rings is 1. The second-order valence-corrected chi connectivity index (χ2v) is 6.72. The number of halogens is 1. The molecule has 2 amide bonds. The fraction of sp³-hybridized carbons (Fsp3) is 0.412. The van der Waals surface area contributed by atoms with E-state index in [0.717, 1.165) is 36.0 Å². The zero-order valence-electron chi connectivity index (χ0n) is 13.3. The van der Waals surface area contributed by atoms with Crippen LogP contribution in [0.1, 0.15) is 18.5 Å². The number of fused-ring (bicyclic) bond motifs is 1. The van der Waals surface area contributed by atoms with Crippen molar-refractivity contribution in [1.29, 1.82) is 0 Å². The molecule has 1 aliphatic rings. The van der Waals surface area contributed by atoms with Gasteiger partial charge in [-0.3, -0.25) is 14.5 Å². The van der Waals surface area contributed by atoms with Crippen LogP contribution < -0.4 is 11.1 Å². The fourth-order valence-corrected chi connectivity index (χ4v) is 3.40. The van der Waals surface area contributed by atoms with Crippen LogP contribution in [0.4, 0.5) is 0 Å². The summed E-state index contributed by atoms with van der Waals surface area (Å²) in [6, 6.07) is 7.63. The van der Waals surface area contributed by atoms with E-state index < -0.39 is 0 Å². The molecule has 2 aromatic rings. The van der Waals surface area contributed by atoms with E-state index in [1.54, 1.807) is 0 Å². The lowest BCUT2D eigenvalue weighted by Gasteiger charge is -2.30. The number of hydrogen-bond acceptors (Lipinski definition) is 3. The number of nitrogens with two attached hydrogens (primary N) is 1. The summed E-state index contributed by atoms with van der Waals surface area (Å²) in [6.45, 7) is 2.05. The predicted octanol–water partition coefficient (Wildman–Crippen LogP) is 1.63. The summed E-state index contributed by atoms with van der Waals surface area (Å²) in [7, 11) is 0. The van der Waals surface area contributed by atoms with Crippen molar-refractivity contribution in [3.63, 3.8) is 0 Å². The fourth-order valence-electron chi connectivity index (χ4n) is 3.22. The smallest absolute Gasteiger partial charge is 0.231 e. The van der Waals surface area contributed by atoms with Gasteiger partial charge in [-0.25, -0.2) is 0 Å². The van der Waals surface area contributed by atoms with Crippen molar-refractivity contribution in [2.45, 2.75) is 19.4 Å². The first-order valence-corrected chi connectivity index (χ1v) is 8.44. The average molecular weight is 349 g/mol. The maximum absolute atomic E-state index is 12.4. The van der Waals surface area contributed by atoms with Crippen LogP contribution in [0.2, 0.25) is 5.02 Å². The maximum atomic E-state index is 12.4. The molecule has 1 saturated heterocycles. The third-order valence-corrected chi connectivity index (χ3v) is 4.58. The number of rotatable bonds is 5. The molecule has 128 valence electrons. The predicted molar refractivity (Wildman–Crippen MR) is 93.5 cm³/mol. The monoisotopic (exact) mass is 348 g/mol. The van der Waals surface area contributed by atoms with Crippen LogP contribution in [0.25, 0.3) is 10.9 Å². The summed E-state index contributed by atoms with van der Waals surface area (Å²) in [5.74, 6) is -0.439. The Bertz CT molecular complexity index is 758. The second-order valence-electron chi connectivity index (χ2n) is 6.28. The highest BCUT2D eigenvalue weighted by molar-refractivity contribution is 6.31. The van der Waals surface area contributed by atoms with E-state index in [2.05, 4.69) is 10.3 Å². The number of carbonyl (C=O) groups is 2. The maximum Gasteiger partial charge on any atom is 0.231 e. The number of H-pyrrole nitrogens is 1. The van der Waals surface area contributed by atoms with Crippen LogP contribution in [-0.4, -0.2) is 41.3 Å². The van der Waals surface area contributed by atoms with Gasteiger partial charge in [-0.05, 0) is 43.7 Å². The van der Waals surface area contributed by atoms with E-state index in [1.165, 1.54) is 0 Å². The van der Waals surface area contributed by atoms with E-state index in [0.29, 0.717) is 18.1 Å². The van der Waals surface area contributed by atoms with E-state index in [4.69, 9.17) is 17.3 Å². The Morgan fingerprint density at radius 3 is 3.00 bits per heavy atom. The van der Waals surface area contributed by atoms with Gasteiger partial charge >= 0.3 is 0 Å². The van der Waals surface area contributed by atoms with E-state index >= 15 is 0 Å². The summed E-state index contributed by atoms with van der Waals surface area (Å²) in [6.07, 6.45) is 1.74. The molecule has 0 saturated carbocycles. The van der Waals surface area contributed by atoms with Crippen LogP contribution in [0, 0.1) is 5.92 Å². The highest BCUT2D eigenvalue weighted by Crippen LogP contribution is 2.20. The number of hydrogen-bond donors (Lipinski definition) is 3. The van der Waals surface area contributed by atoms with Crippen molar-refractivity contribution >= 4 is 34.3 Å². The minimum atomic E-state index is -0.354. The average Bonchev–Trinajstić information content (AvgIpc) is 2.94. The number of amides is 2. The van der Waals surface area contributed by atoms with Gasteiger partial charge in [-0.15, -0.1) is 0 Å². The van der Waals surface area contributed by atoms with Gasteiger partial charge in [0.2, 0.25) is 11.8 Å². The highest BCUT2D eigenvalue weighted by atomic mass is 35.5. The first kappa shape index (κ1) is 16.8. The molecule has 1 aromatic heterocycles. The molecular formula is C17H21ClN4O2. The molecule has 0 aliphatic carbocycles. The first-order chi connectivity index (χ1) is 11.5. The van der Waals surface area contributed by atoms with Crippen molar-refractivity contribution in [2.24, 2.45) is 11.7 Å². The lowest BCUT2D eigenvalue weighted by molar-refractivity contribution is -0.128. The van der Waals surface area contributed by atoms with Gasteiger partial charge in [-0.1, -0.05) is 11.6 Å². The summed E-state index contributed by atoms with van der Waals surface area (Å²) < 4.78 is 0. The number of benzene rings is 1. The van der Waals surface area contributed by atoms with Crippen molar-refractivity contribution in [3.8, 4) is 0 Å². The Balaban J connectivity index is 1.56. The molecule has 1 fully saturated rings. The number of likely N-dealkylation sites (tertiary alicyclic amines) is 1. The molecule has 1 atom stereocenters. The molecule has 7 heteroatoms. The summed E-state index contributed by atoms with van der Waals surface area (Å²) in [5, 5.41) is 4.69. The number of aromatic nitrogens is 1. The Morgan fingerprint density at radius 1 is 1.38 bits per heavy atom. The molecule has 1 aromatic carbocycles. The minimum Gasteiger partial charge on any atom is -0.369 e. The van der Waals surface area contributed by atoms with Gasteiger partial charge in [0.15, 0.2) is 0 Å². The third-order valence-electron chi connectivity index (χ3n) is 4.35. The molecule has 3 rings (SSSR count). The Kier molecular flexibility index (Phi) is 5.06. The molecule has 6 nitrogen and oxygen atoms in total. The first-order valence-electron chi connectivity index (χ1n) is 8.07. The minimum absolute atomic E-state index is 0.0147. The van der Waals surface area contributed by atoms with Gasteiger partial charge in [0.25, 0.3) is 0 Å². The van der Waals surface area contributed by atoms with E-state index in [9.17, 15) is 9.59 Å². The number of primary amides is 1. The molecule has 24 heavy (non-hydrogen) atoms. The van der Waals surface area contributed by atoms with Crippen molar-refractivity contribution in [2.75, 3.05) is 19.6 Å². The zero-order valence-corrected chi connectivity index (χ0v) is 14.1. The van der Waals surface area contributed by atoms with Crippen molar-refractivity contribution < 1.29 is 9.59 Å². The number of aromatic amines is 1. The Labute approximate surface area is 145 Å². The molecule has 0 spiro atoms. The van der Waals surface area contributed by atoms with E-state index in [-0.39, 0.29) is 24.3 Å². The molecule has 1 aliphatic heterocycles. The number of nitrogens with zero attached hydrogens (tertiary/aromatic N) is 1. The Morgan fingerprint density at radius 2 is 2.21 bits per heavy atom. The van der Waals surface area contributed by atoms with Crippen LogP contribution in [-0.2, 0) is 16.1 Å². The standard InChI is InChI=1S/C17H21ClN4O2/c18-13-3-4-15-12(6-13)7-14(21-15)8-20-17(24)11-2-1-5-22(9-11)10-16(19)23/h3-4,6-7,11,21H,1-2,5,8-10H2,(H2,19,23)(H,20,24). The van der Waals surface area contributed by atoms with Gasteiger partial charge in [0.1, 0.15) is 0 Å². The normalized spacial score (nSPS) is 18.6. The van der Waals surface area contributed by atoms with Crippen LogP contribution in [0.3, 0.4) is 0 Å². The quantitative estimate of drug-likeness (QED) is 0.767. The second kappa shape index (κ2) is 7.23. The van der Waals surface area contributed by atoms with Gasteiger partial charge in [0.05, 0.1) is 19.0 Å². The summed E-state index contributed by atoms with van der Waals surface area (Å²) in [5.41, 5.74) is 7.16. The molecule has 4 N–H and O–H groups in total. The highest BCUT2D eigenvalue weighted by Gasteiger charge is 2.26. The lowest BCUT2D eigenvalue weighted by atomic mass is 9.97. The summed E-state index contributed by atoms with van der Waals surface area (Å²) >= 11 is 5.99. The van der Waals surface area contributed by atoms with Gasteiger partial charge < -0.3 is 16.0 Å². The molecule has 0 radical (unpaired) electrons. The van der Waals surface area contributed by atoms with Crippen molar-refractivity contribution in [3.05, 3.63) is 35.0 Å². The van der Waals surface area contributed by atoms with Crippen molar-refractivity contribution in [1.82, 2.24) is 15.2 Å². The zero-order chi connectivity index (χ0) is 17.1. The van der Waals surface area contributed by atoms with Gasteiger partial charge in [-0.2, -0.15) is 0 Å². The van der Waals surface area contributed by atoms with Gasteiger partial charge in [0, 0.05) is 28.2 Å². The van der Waals surface area contributed by atoms with Crippen LogP contribution in [0.15, 0.2) is 24.3 Å². The lowest BCUT2D eigenvalue weighted by Crippen LogP contribution is -2.45. The van der Waals surface area contributed by atoms with Crippen LogP contribution in [0.5, 0.6) is 0 Å². The molecule has 0 bridgehead atoms. The SMILES string of the molecule is NC(=O)CN1CCCC(C(=O)NCc2cc3cc(Cl)ccc3[nH]2)C1. The topological polar surface area (TPSA) is 91.2 Å².